The minimum absolute atomic E-state index is 0.0807. The summed E-state index contributed by atoms with van der Waals surface area (Å²) in [6, 6.07) is 13.6. The van der Waals surface area contributed by atoms with Crippen molar-refractivity contribution in [3.63, 3.8) is 0 Å². The van der Waals surface area contributed by atoms with Crippen LogP contribution in [0.5, 0.6) is 0 Å². The van der Waals surface area contributed by atoms with Crippen molar-refractivity contribution in [1.82, 2.24) is 0 Å². The van der Waals surface area contributed by atoms with Crippen LogP contribution in [0.15, 0.2) is 65.1 Å². The average Bonchev–Trinajstić information content (AvgIpc) is 3.24. The number of ether oxygens (including phenoxy) is 1. The number of benzene rings is 2. The number of hydrogen-bond donors (Lipinski definition) is 1. The summed E-state index contributed by atoms with van der Waals surface area (Å²) >= 11 is 0. The first-order valence-electron chi connectivity index (χ1n) is 8.85. The summed E-state index contributed by atoms with van der Waals surface area (Å²) in [5.41, 5.74) is 0.618. The zero-order chi connectivity index (χ0) is 22.5. The maximum atomic E-state index is 12.3. The van der Waals surface area contributed by atoms with Crippen LogP contribution in [0, 0.1) is 20.2 Å². The molecule has 0 saturated heterocycles. The molecule has 11 heteroatoms. The summed E-state index contributed by atoms with van der Waals surface area (Å²) in [7, 11) is 0. The quantitative estimate of drug-likeness (QED) is 0.339. The maximum Gasteiger partial charge on any atom is 0.375 e. The second kappa shape index (κ2) is 8.86. The fraction of sp³-hybridized carbons (Fsp3) is 0.100. The van der Waals surface area contributed by atoms with Crippen LogP contribution >= 0.6 is 0 Å². The van der Waals surface area contributed by atoms with Gasteiger partial charge in [0.1, 0.15) is 5.76 Å². The van der Waals surface area contributed by atoms with Crippen LogP contribution < -0.4 is 5.32 Å². The van der Waals surface area contributed by atoms with Gasteiger partial charge in [-0.3, -0.25) is 25.0 Å². The number of nitrogens with zero attached hydrogens (tertiary/aromatic N) is 2. The second-order valence-corrected chi connectivity index (χ2v) is 6.31. The van der Waals surface area contributed by atoms with Gasteiger partial charge in [0.05, 0.1) is 9.85 Å². The average molecular weight is 425 g/mol. The minimum Gasteiger partial charge on any atom is -0.449 e. The molecular weight excluding hydrogens is 410 g/mol. The zero-order valence-corrected chi connectivity index (χ0v) is 16.0. The van der Waals surface area contributed by atoms with E-state index in [0.717, 1.165) is 0 Å². The predicted molar refractivity (Wildman–Crippen MR) is 107 cm³/mol. The molecule has 0 fully saturated rings. The number of anilines is 1. The van der Waals surface area contributed by atoms with Gasteiger partial charge in [0, 0.05) is 35.5 Å². The van der Waals surface area contributed by atoms with Gasteiger partial charge in [-0.15, -0.1) is 0 Å². The Balaban J connectivity index is 1.61. The molecular formula is C20H15N3O8. The van der Waals surface area contributed by atoms with Crippen molar-refractivity contribution in [3.05, 3.63) is 86.7 Å². The fourth-order valence-corrected chi connectivity index (χ4v) is 2.53. The van der Waals surface area contributed by atoms with Crippen molar-refractivity contribution < 1.29 is 28.6 Å². The van der Waals surface area contributed by atoms with E-state index in [-0.39, 0.29) is 17.1 Å². The van der Waals surface area contributed by atoms with E-state index in [1.165, 1.54) is 67.6 Å². The molecule has 1 heterocycles. The third-order valence-electron chi connectivity index (χ3n) is 4.17. The lowest BCUT2D eigenvalue weighted by Gasteiger charge is -2.12. The molecule has 3 aromatic rings. The number of nitro benzene ring substituents is 2. The molecule has 1 N–H and O–H groups in total. The first-order valence-corrected chi connectivity index (χ1v) is 8.85. The van der Waals surface area contributed by atoms with Gasteiger partial charge in [0.2, 0.25) is 5.76 Å². The molecule has 1 amide bonds. The summed E-state index contributed by atoms with van der Waals surface area (Å²) in [6.07, 6.45) is -1.17. The van der Waals surface area contributed by atoms with Crippen LogP contribution in [0.1, 0.15) is 17.5 Å². The lowest BCUT2D eigenvalue weighted by Crippen LogP contribution is -2.29. The molecule has 0 saturated carbocycles. The van der Waals surface area contributed by atoms with Crippen molar-refractivity contribution in [2.45, 2.75) is 13.0 Å². The molecule has 1 atom stereocenters. The Morgan fingerprint density at radius 3 is 2.00 bits per heavy atom. The Morgan fingerprint density at radius 1 is 0.903 bits per heavy atom. The molecule has 3 rings (SSSR count). The summed E-state index contributed by atoms with van der Waals surface area (Å²) in [6.45, 7) is 1.36. The number of furan rings is 1. The third-order valence-corrected chi connectivity index (χ3v) is 4.17. The molecule has 0 spiro atoms. The summed E-state index contributed by atoms with van der Waals surface area (Å²) in [5, 5.41) is 23.9. The highest BCUT2D eigenvalue weighted by molar-refractivity contribution is 5.96. The highest BCUT2D eigenvalue weighted by atomic mass is 16.6. The topological polar surface area (TPSA) is 155 Å². The van der Waals surface area contributed by atoms with Gasteiger partial charge >= 0.3 is 5.97 Å². The largest absolute Gasteiger partial charge is 0.449 e. The summed E-state index contributed by atoms with van der Waals surface area (Å²) < 4.78 is 10.5. The summed E-state index contributed by atoms with van der Waals surface area (Å²) in [5.74, 6) is -1.36. The Hall–Kier alpha value is -4.54. The van der Waals surface area contributed by atoms with Crippen LogP contribution in [0.3, 0.4) is 0 Å². The van der Waals surface area contributed by atoms with Gasteiger partial charge in [-0.2, -0.15) is 0 Å². The van der Waals surface area contributed by atoms with Crippen molar-refractivity contribution in [3.8, 4) is 11.3 Å². The lowest BCUT2D eigenvalue weighted by atomic mass is 10.1. The van der Waals surface area contributed by atoms with E-state index in [0.29, 0.717) is 17.0 Å². The number of rotatable bonds is 7. The Kier molecular flexibility index (Phi) is 6.05. The number of carbonyl (C=O) groups excluding carboxylic acids is 2. The van der Waals surface area contributed by atoms with Gasteiger partial charge in [0.15, 0.2) is 6.10 Å². The number of carbonyl (C=O) groups is 2. The van der Waals surface area contributed by atoms with Crippen LogP contribution in [-0.2, 0) is 9.53 Å². The van der Waals surface area contributed by atoms with E-state index in [1.807, 2.05) is 0 Å². The SMILES string of the molecule is CC(OC(=O)c1ccc(-c2ccc([N+](=O)[O-])cc2)o1)C(=O)Nc1ccc([N+](=O)[O-])cc1. The van der Waals surface area contributed by atoms with Crippen LogP contribution in [0.4, 0.5) is 17.1 Å². The van der Waals surface area contributed by atoms with Gasteiger partial charge < -0.3 is 14.5 Å². The molecule has 0 aliphatic carbocycles. The monoisotopic (exact) mass is 425 g/mol. The molecule has 0 aliphatic heterocycles. The second-order valence-electron chi connectivity index (χ2n) is 6.31. The van der Waals surface area contributed by atoms with Gasteiger partial charge in [-0.25, -0.2) is 4.79 Å². The molecule has 1 aromatic heterocycles. The molecule has 1 unspecified atom stereocenters. The molecule has 11 nitrogen and oxygen atoms in total. The first kappa shape index (κ1) is 21.2. The van der Waals surface area contributed by atoms with E-state index in [9.17, 15) is 29.8 Å². The predicted octanol–water partition coefficient (Wildman–Crippen LogP) is 3.95. The maximum absolute atomic E-state index is 12.3. The third kappa shape index (κ3) is 5.09. The van der Waals surface area contributed by atoms with Gasteiger partial charge in [-0.1, -0.05) is 0 Å². The number of esters is 1. The Labute approximate surface area is 174 Å². The van der Waals surface area contributed by atoms with Crippen LogP contribution in [0.2, 0.25) is 0 Å². The number of nitro groups is 2. The minimum atomic E-state index is -1.17. The van der Waals surface area contributed by atoms with Crippen molar-refractivity contribution >= 4 is 28.9 Å². The van der Waals surface area contributed by atoms with Crippen LogP contribution in [-0.4, -0.2) is 27.8 Å². The van der Waals surface area contributed by atoms with Crippen molar-refractivity contribution in [1.29, 1.82) is 0 Å². The Morgan fingerprint density at radius 2 is 1.45 bits per heavy atom. The van der Waals surface area contributed by atoms with Crippen molar-refractivity contribution in [2.24, 2.45) is 0 Å². The normalized spacial score (nSPS) is 11.4. The van der Waals surface area contributed by atoms with E-state index >= 15 is 0 Å². The van der Waals surface area contributed by atoms with E-state index in [4.69, 9.17) is 9.15 Å². The fourth-order valence-electron chi connectivity index (χ4n) is 2.53. The number of amides is 1. The van der Waals surface area contributed by atoms with E-state index < -0.39 is 27.8 Å². The number of hydrogen-bond acceptors (Lipinski definition) is 8. The molecule has 2 aromatic carbocycles. The van der Waals surface area contributed by atoms with Crippen molar-refractivity contribution in [2.75, 3.05) is 5.32 Å². The highest BCUT2D eigenvalue weighted by Crippen LogP contribution is 2.25. The van der Waals surface area contributed by atoms with E-state index in [2.05, 4.69) is 5.32 Å². The Bertz CT molecular complexity index is 1140. The molecule has 0 aliphatic rings. The molecule has 0 bridgehead atoms. The first-order chi connectivity index (χ1) is 14.7. The molecule has 31 heavy (non-hydrogen) atoms. The highest BCUT2D eigenvalue weighted by Gasteiger charge is 2.22. The standard InChI is InChI=1S/C20H15N3O8/c1-12(19(24)21-14-4-8-16(9-5-14)23(28)29)30-20(25)18-11-10-17(31-18)13-2-6-15(7-3-13)22(26)27/h2-12H,1H3,(H,21,24). The van der Waals surface area contributed by atoms with Gasteiger partial charge in [-0.05, 0) is 43.3 Å². The number of non-ortho nitro benzene ring substituents is 2. The zero-order valence-electron chi connectivity index (χ0n) is 16.0. The van der Waals surface area contributed by atoms with Crippen LogP contribution in [0.25, 0.3) is 11.3 Å². The molecule has 158 valence electrons. The molecule has 0 radical (unpaired) electrons. The smallest absolute Gasteiger partial charge is 0.375 e. The van der Waals surface area contributed by atoms with E-state index in [1.54, 1.807) is 0 Å². The lowest BCUT2D eigenvalue weighted by molar-refractivity contribution is -0.385. The number of nitrogens with one attached hydrogen (secondary N) is 1. The van der Waals surface area contributed by atoms with Gasteiger partial charge in [0.25, 0.3) is 17.3 Å². The summed E-state index contributed by atoms with van der Waals surface area (Å²) in [4.78, 5) is 44.7.